The minimum Gasteiger partial charge on any atom is -0.378 e. The molecule has 2 aromatic heterocycles. The van der Waals surface area contributed by atoms with E-state index in [4.69, 9.17) is 14.2 Å². The molecule has 0 bridgehead atoms. The predicted octanol–water partition coefficient (Wildman–Crippen LogP) is 1.72. The van der Waals surface area contributed by atoms with E-state index in [-0.39, 0.29) is 6.04 Å². The summed E-state index contributed by atoms with van der Waals surface area (Å²) in [5.41, 5.74) is 1.89. The number of rotatable bonds is 4. The molecule has 3 rings (SSSR count). The number of aryl methyl sites for hydroxylation is 2. The van der Waals surface area contributed by atoms with Crippen LogP contribution in [0.5, 0.6) is 0 Å². The van der Waals surface area contributed by atoms with Crippen molar-refractivity contribution < 1.29 is 9.26 Å². The maximum atomic E-state index is 5.67. The Bertz CT molecular complexity index is 670. The number of nitrogens with zero attached hydrogens (tertiary/aromatic N) is 5. The minimum absolute atomic E-state index is 0.0272. The van der Waals surface area contributed by atoms with E-state index in [0.29, 0.717) is 19.8 Å². The van der Waals surface area contributed by atoms with Gasteiger partial charge in [-0.05, 0) is 13.8 Å². The Hall–Kier alpha value is -1.99. The van der Waals surface area contributed by atoms with Gasteiger partial charge in [-0.1, -0.05) is 5.16 Å². The molecule has 2 aromatic rings. The first kappa shape index (κ1) is 15.9. The number of hydrogen-bond acceptors (Lipinski definition) is 7. The van der Waals surface area contributed by atoms with Crippen LogP contribution in [0.25, 0.3) is 0 Å². The van der Waals surface area contributed by atoms with Crippen LogP contribution in [-0.2, 0) is 11.3 Å². The number of hydrogen-bond donors (Lipinski definition) is 0. The molecule has 1 aliphatic heterocycles. The fourth-order valence-corrected chi connectivity index (χ4v) is 2.72. The molecule has 0 radical (unpaired) electrons. The Morgan fingerprint density at radius 2 is 2.09 bits per heavy atom. The summed E-state index contributed by atoms with van der Waals surface area (Å²) >= 11 is 0. The first-order chi connectivity index (χ1) is 11.0. The number of anilines is 1. The van der Waals surface area contributed by atoms with Crippen molar-refractivity contribution in [1.82, 2.24) is 20.0 Å². The smallest absolute Gasteiger partial charge is 0.150 e. The Labute approximate surface area is 136 Å². The lowest BCUT2D eigenvalue weighted by Gasteiger charge is -2.34. The Kier molecular flexibility index (Phi) is 4.58. The zero-order valence-corrected chi connectivity index (χ0v) is 14.1. The molecule has 0 spiro atoms. The summed E-state index contributed by atoms with van der Waals surface area (Å²) in [5.74, 6) is 2.54. The lowest BCUT2D eigenvalue weighted by atomic mass is 10.2. The number of morpholine rings is 1. The van der Waals surface area contributed by atoms with Gasteiger partial charge < -0.3 is 14.2 Å². The fourth-order valence-electron chi connectivity index (χ4n) is 2.72. The van der Waals surface area contributed by atoms with E-state index in [1.54, 1.807) is 0 Å². The van der Waals surface area contributed by atoms with E-state index in [0.717, 1.165) is 35.3 Å². The standard InChI is InChI=1S/C16H23N5O2/c1-11-7-15(20(3)4)18-16(17-11)14-10-22-6-5-21(14)9-13-8-12(2)23-19-13/h7-8,14H,5-6,9-10H2,1-4H3/t14-/m1/s1. The molecule has 23 heavy (non-hydrogen) atoms. The van der Waals surface area contributed by atoms with Gasteiger partial charge in [0.2, 0.25) is 0 Å². The van der Waals surface area contributed by atoms with Gasteiger partial charge in [0.1, 0.15) is 17.4 Å². The van der Waals surface area contributed by atoms with Crippen LogP contribution < -0.4 is 4.90 Å². The molecule has 0 N–H and O–H groups in total. The van der Waals surface area contributed by atoms with Gasteiger partial charge >= 0.3 is 0 Å². The molecule has 0 aromatic carbocycles. The van der Waals surface area contributed by atoms with Gasteiger partial charge in [0.15, 0.2) is 0 Å². The molecule has 1 saturated heterocycles. The second-order valence-electron chi connectivity index (χ2n) is 6.11. The van der Waals surface area contributed by atoms with Crippen molar-refractivity contribution in [3.63, 3.8) is 0 Å². The molecule has 1 aliphatic rings. The molecule has 0 saturated carbocycles. The normalized spacial score (nSPS) is 19.0. The summed E-state index contributed by atoms with van der Waals surface area (Å²) in [4.78, 5) is 13.6. The van der Waals surface area contributed by atoms with Crippen molar-refractivity contribution >= 4 is 5.82 Å². The Morgan fingerprint density at radius 1 is 1.26 bits per heavy atom. The largest absolute Gasteiger partial charge is 0.378 e. The molecule has 7 heteroatoms. The minimum atomic E-state index is 0.0272. The summed E-state index contributed by atoms with van der Waals surface area (Å²) in [6.07, 6.45) is 0. The van der Waals surface area contributed by atoms with Crippen LogP contribution in [0.4, 0.5) is 5.82 Å². The molecular formula is C16H23N5O2. The van der Waals surface area contributed by atoms with Gasteiger partial charge in [-0.3, -0.25) is 4.90 Å². The topological polar surface area (TPSA) is 67.5 Å². The van der Waals surface area contributed by atoms with Crippen LogP contribution in [0.3, 0.4) is 0 Å². The molecular weight excluding hydrogens is 294 g/mol. The van der Waals surface area contributed by atoms with E-state index >= 15 is 0 Å². The molecule has 0 aliphatic carbocycles. The summed E-state index contributed by atoms with van der Waals surface area (Å²) in [7, 11) is 3.97. The van der Waals surface area contributed by atoms with Crippen LogP contribution in [0.1, 0.15) is 29.0 Å². The third-order valence-electron chi connectivity index (χ3n) is 3.90. The van der Waals surface area contributed by atoms with Crippen LogP contribution in [0, 0.1) is 13.8 Å². The van der Waals surface area contributed by atoms with Gasteiger partial charge in [0.05, 0.1) is 24.9 Å². The third kappa shape index (κ3) is 3.68. The highest BCUT2D eigenvalue weighted by Gasteiger charge is 2.28. The van der Waals surface area contributed by atoms with Crippen molar-refractivity contribution in [2.45, 2.75) is 26.4 Å². The van der Waals surface area contributed by atoms with Gasteiger partial charge in [0, 0.05) is 45.0 Å². The maximum absolute atomic E-state index is 5.67. The van der Waals surface area contributed by atoms with E-state index in [9.17, 15) is 0 Å². The molecule has 0 amide bonds. The Balaban J connectivity index is 1.86. The molecule has 1 fully saturated rings. The summed E-state index contributed by atoms with van der Waals surface area (Å²) in [5, 5.41) is 4.09. The quantitative estimate of drug-likeness (QED) is 0.850. The monoisotopic (exact) mass is 317 g/mol. The second-order valence-corrected chi connectivity index (χ2v) is 6.11. The van der Waals surface area contributed by atoms with Gasteiger partial charge in [-0.2, -0.15) is 0 Å². The van der Waals surface area contributed by atoms with E-state index < -0.39 is 0 Å². The summed E-state index contributed by atoms with van der Waals surface area (Å²) in [6, 6.07) is 3.98. The van der Waals surface area contributed by atoms with Crippen molar-refractivity contribution in [2.75, 3.05) is 38.8 Å². The highest BCUT2D eigenvalue weighted by atomic mass is 16.5. The van der Waals surface area contributed by atoms with E-state index in [2.05, 4.69) is 15.0 Å². The zero-order valence-electron chi connectivity index (χ0n) is 14.1. The van der Waals surface area contributed by atoms with Crippen LogP contribution >= 0.6 is 0 Å². The van der Waals surface area contributed by atoms with Gasteiger partial charge in [-0.25, -0.2) is 9.97 Å². The third-order valence-corrected chi connectivity index (χ3v) is 3.90. The molecule has 1 atom stereocenters. The fraction of sp³-hybridized carbons (Fsp3) is 0.562. The summed E-state index contributed by atoms with van der Waals surface area (Å²) in [6.45, 7) is 6.73. The molecule has 124 valence electrons. The van der Waals surface area contributed by atoms with Crippen LogP contribution in [0.15, 0.2) is 16.7 Å². The predicted molar refractivity (Wildman–Crippen MR) is 86.3 cm³/mol. The lowest BCUT2D eigenvalue weighted by molar-refractivity contribution is -0.0168. The molecule has 3 heterocycles. The Morgan fingerprint density at radius 3 is 2.78 bits per heavy atom. The van der Waals surface area contributed by atoms with E-state index in [1.165, 1.54) is 0 Å². The van der Waals surface area contributed by atoms with Crippen molar-refractivity contribution in [3.05, 3.63) is 35.1 Å². The maximum Gasteiger partial charge on any atom is 0.150 e. The summed E-state index contributed by atoms with van der Waals surface area (Å²) < 4.78 is 10.8. The number of ether oxygens (including phenoxy) is 1. The molecule has 0 unspecified atom stereocenters. The van der Waals surface area contributed by atoms with Gasteiger partial charge in [0.25, 0.3) is 0 Å². The first-order valence-corrected chi connectivity index (χ1v) is 7.80. The second kappa shape index (κ2) is 6.64. The van der Waals surface area contributed by atoms with Gasteiger partial charge in [-0.15, -0.1) is 0 Å². The highest BCUT2D eigenvalue weighted by molar-refractivity contribution is 5.38. The van der Waals surface area contributed by atoms with Crippen LogP contribution in [-0.4, -0.2) is 53.9 Å². The first-order valence-electron chi connectivity index (χ1n) is 7.80. The highest BCUT2D eigenvalue weighted by Crippen LogP contribution is 2.25. The van der Waals surface area contributed by atoms with Crippen LogP contribution in [0.2, 0.25) is 0 Å². The average molecular weight is 317 g/mol. The van der Waals surface area contributed by atoms with E-state index in [1.807, 2.05) is 45.0 Å². The zero-order chi connectivity index (χ0) is 16.4. The number of aromatic nitrogens is 3. The van der Waals surface area contributed by atoms with Crippen molar-refractivity contribution in [3.8, 4) is 0 Å². The van der Waals surface area contributed by atoms with Crippen molar-refractivity contribution in [1.29, 1.82) is 0 Å². The average Bonchev–Trinajstić information content (AvgIpc) is 2.92. The van der Waals surface area contributed by atoms with Crippen molar-refractivity contribution in [2.24, 2.45) is 0 Å². The SMILES string of the molecule is Cc1cc(N(C)C)nc([C@H]2COCCN2Cc2cc(C)on2)n1. The molecule has 7 nitrogen and oxygen atoms in total. The lowest BCUT2D eigenvalue weighted by Crippen LogP contribution is -2.40.